The van der Waals surface area contributed by atoms with Crippen molar-refractivity contribution in [1.29, 1.82) is 0 Å². The number of carbonyl (C=O) groups is 1. The molecule has 1 aliphatic rings. The number of nitrogens with zero attached hydrogens (tertiary/aromatic N) is 3. The van der Waals surface area contributed by atoms with Gasteiger partial charge in [-0.25, -0.2) is 5.10 Å². The van der Waals surface area contributed by atoms with Gasteiger partial charge < -0.3 is 5.32 Å². The van der Waals surface area contributed by atoms with Crippen LogP contribution in [0, 0.1) is 10.7 Å². The fourth-order valence-corrected chi connectivity index (χ4v) is 4.12. The molecule has 148 valence electrons. The van der Waals surface area contributed by atoms with Gasteiger partial charge in [-0.05, 0) is 55.6 Å². The van der Waals surface area contributed by atoms with Crippen LogP contribution >= 0.6 is 12.2 Å². The second-order valence-corrected chi connectivity index (χ2v) is 8.38. The SMILES string of the molecule is CC(C)CCn1c(=O)c2ccc(C(=O)NC3CCCC3)cc2n2c(=S)[nH]nc12. The molecule has 1 saturated carbocycles. The first kappa shape index (κ1) is 18.9. The smallest absolute Gasteiger partial charge is 0.262 e. The van der Waals surface area contributed by atoms with Crippen molar-refractivity contribution >= 4 is 34.8 Å². The summed E-state index contributed by atoms with van der Waals surface area (Å²) in [4.78, 5) is 25.8. The largest absolute Gasteiger partial charge is 0.349 e. The number of carbonyl (C=O) groups excluding carboxylic acids is 1. The van der Waals surface area contributed by atoms with Gasteiger partial charge in [-0.2, -0.15) is 0 Å². The zero-order valence-corrected chi connectivity index (χ0v) is 17.0. The first-order valence-electron chi connectivity index (χ1n) is 9.90. The summed E-state index contributed by atoms with van der Waals surface area (Å²) in [7, 11) is 0. The molecule has 1 aromatic carbocycles. The lowest BCUT2D eigenvalue weighted by Crippen LogP contribution is -2.32. The molecule has 8 heteroatoms. The van der Waals surface area contributed by atoms with Crippen molar-refractivity contribution in [3.05, 3.63) is 38.9 Å². The van der Waals surface area contributed by atoms with Crippen molar-refractivity contribution in [1.82, 2.24) is 24.5 Å². The molecule has 28 heavy (non-hydrogen) atoms. The number of rotatable bonds is 5. The highest BCUT2D eigenvalue weighted by molar-refractivity contribution is 7.71. The monoisotopic (exact) mass is 399 g/mol. The Morgan fingerprint density at radius 2 is 2.11 bits per heavy atom. The second-order valence-electron chi connectivity index (χ2n) is 7.99. The Hall–Kier alpha value is -2.48. The van der Waals surface area contributed by atoms with Crippen LogP contribution in [-0.4, -0.2) is 31.1 Å². The lowest BCUT2D eigenvalue weighted by atomic mass is 10.1. The summed E-state index contributed by atoms with van der Waals surface area (Å²) < 4.78 is 3.82. The Morgan fingerprint density at radius 1 is 1.36 bits per heavy atom. The van der Waals surface area contributed by atoms with Crippen LogP contribution in [-0.2, 0) is 6.54 Å². The Labute approximate surface area is 167 Å². The molecule has 0 radical (unpaired) electrons. The molecule has 0 unspecified atom stereocenters. The van der Waals surface area contributed by atoms with E-state index in [4.69, 9.17) is 12.2 Å². The van der Waals surface area contributed by atoms with Crippen LogP contribution in [0.25, 0.3) is 16.7 Å². The first-order valence-corrected chi connectivity index (χ1v) is 10.3. The Kier molecular flexibility index (Phi) is 5.05. The quantitative estimate of drug-likeness (QED) is 0.644. The lowest BCUT2D eigenvalue weighted by molar-refractivity contribution is 0.0938. The highest BCUT2D eigenvalue weighted by Gasteiger charge is 2.20. The number of benzene rings is 1. The van der Waals surface area contributed by atoms with Crippen molar-refractivity contribution in [3.8, 4) is 0 Å². The fourth-order valence-electron chi connectivity index (χ4n) is 3.89. The number of nitrogens with one attached hydrogen (secondary N) is 2. The summed E-state index contributed by atoms with van der Waals surface area (Å²) in [6.45, 7) is 4.81. The minimum absolute atomic E-state index is 0.110. The van der Waals surface area contributed by atoms with Crippen LogP contribution in [0.4, 0.5) is 0 Å². The molecular weight excluding hydrogens is 374 g/mol. The standard InChI is InChI=1S/C20H25N5O2S/c1-12(2)9-10-24-18(27)15-8-7-13(17(26)21-14-5-3-4-6-14)11-16(15)25-19(24)22-23-20(25)28/h7-8,11-12,14H,3-6,9-10H2,1-2H3,(H,21,26)(H,23,28). The van der Waals surface area contributed by atoms with Crippen LogP contribution in [0.3, 0.4) is 0 Å². The Balaban J connectivity index is 1.82. The molecule has 0 bridgehead atoms. The molecule has 0 aliphatic heterocycles. The minimum Gasteiger partial charge on any atom is -0.349 e. The summed E-state index contributed by atoms with van der Waals surface area (Å²) in [5, 5.41) is 10.7. The molecule has 2 N–H and O–H groups in total. The van der Waals surface area contributed by atoms with Gasteiger partial charge in [0.1, 0.15) is 0 Å². The van der Waals surface area contributed by atoms with E-state index in [0.29, 0.717) is 39.5 Å². The Bertz CT molecular complexity index is 1150. The maximum atomic E-state index is 13.1. The molecule has 0 atom stereocenters. The average molecular weight is 400 g/mol. The molecule has 2 aromatic heterocycles. The summed E-state index contributed by atoms with van der Waals surface area (Å²) in [6, 6.07) is 5.42. The highest BCUT2D eigenvalue weighted by Crippen LogP contribution is 2.20. The maximum Gasteiger partial charge on any atom is 0.262 e. The number of fused-ring (bicyclic) bond motifs is 3. The summed E-state index contributed by atoms with van der Waals surface area (Å²) in [5.41, 5.74) is 1.03. The lowest BCUT2D eigenvalue weighted by Gasteiger charge is -2.14. The van der Waals surface area contributed by atoms with E-state index < -0.39 is 0 Å². The van der Waals surface area contributed by atoms with E-state index in [9.17, 15) is 9.59 Å². The van der Waals surface area contributed by atoms with Gasteiger partial charge in [-0.3, -0.25) is 18.6 Å². The van der Waals surface area contributed by atoms with Crippen molar-refractivity contribution in [2.24, 2.45) is 5.92 Å². The van der Waals surface area contributed by atoms with Gasteiger partial charge in [0, 0.05) is 18.2 Å². The predicted molar refractivity (Wildman–Crippen MR) is 111 cm³/mol. The van der Waals surface area contributed by atoms with E-state index in [-0.39, 0.29) is 17.5 Å². The number of hydrogen-bond donors (Lipinski definition) is 2. The summed E-state index contributed by atoms with van der Waals surface area (Å²) in [5.74, 6) is 0.837. The van der Waals surface area contributed by atoms with E-state index in [1.54, 1.807) is 27.2 Å². The van der Waals surface area contributed by atoms with E-state index >= 15 is 0 Å². The van der Waals surface area contributed by atoms with Gasteiger partial charge in [0.05, 0.1) is 10.9 Å². The molecule has 1 fully saturated rings. The van der Waals surface area contributed by atoms with Crippen LogP contribution in [0.1, 0.15) is 56.3 Å². The third-order valence-corrected chi connectivity index (χ3v) is 5.77. The number of aryl methyl sites for hydroxylation is 1. The average Bonchev–Trinajstić information content (AvgIpc) is 3.31. The van der Waals surface area contributed by atoms with Crippen molar-refractivity contribution < 1.29 is 4.79 Å². The third-order valence-electron chi connectivity index (χ3n) is 5.49. The predicted octanol–water partition coefficient (Wildman–Crippen LogP) is 3.43. The van der Waals surface area contributed by atoms with Crippen molar-refractivity contribution in [2.45, 2.75) is 58.5 Å². The molecule has 1 aliphatic carbocycles. The Morgan fingerprint density at radius 3 is 2.82 bits per heavy atom. The number of hydrogen-bond acceptors (Lipinski definition) is 4. The summed E-state index contributed by atoms with van der Waals surface area (Å²) in [6.07, 6.45) is 5.23. The normalized spacial score (nSPS) is 15.1. The minimum atomic E-state index is -0.111. The molecule has 4 rings (SSSR count). The van der Waals surface area contributed by atoms with Crippen LogP contribution < -0.4 is 10.9 Å². The van der Waals surface area contributed by atoms with Crippen LogP contribution in [0.5, 0.6) is 0 Å². The van der Waals surface area contributed by atoms with E-state index in [0.717, 1.165) is 32.1 Å². The second kappa shape index (κ2) is 7.50. The van der Waals surface area contributed by atoms with Crippen molar-refractivity contribution in [2.75, 3.05) is 0 Å². The van der Waals surface area contributed by atoms with E-state index in [2.05, 4.69) is 29.4 Å². The van der Waals surface area contributed by atoms with Gasteiger partial charge >= 0.3 is 0 Å². The molecule has 1 amide bonds. The molecule has 0 saturated heterocycles. The van der Waals surface area contributed by atoms with Gasteiger partial charge in [0.2, 0.25) is 10.5 Å². The highest BCUT2D eigenvalue weighted by atomic mass is 32.1. The molecule has 7 nitrogen and oxygen atoms in total. The zero-order chi connectivity index (χ0) is 19.8. The van der Waals surface area contributed by atoms with E-state index in [1.165, 1.54) is 0 Å². The molecule has 2 heterocycles. The summed E-state index contributed by atoms with van der Waals surface area (Å²) >= 11 is 5.41. The van der Waals surface area contributed by atoms with Crippen LogP contribution in [0.15, 0.2) is 23.0 Å². The molecule has 0 spiro atoms. The van der Waals surface area contributed by atoms with Gasteiger partial charge in [-0.15, -0.1) is 5.10 Å². The molecule has 3 aromatic rings. The van der Waals surface area contributed by atoms with E-state index in [1.807, 2.05) is 0 Å². The number of aromatic nitrogens is 4. The number of H-pyrrole nitrogens is 1. The van der Waals surface area contributed by atoms with Gasteiger partial charge in [-0.1, -0.05) is 26.7 Å². The van der Waals surface area contributed by atoms with Crippen molar-refractivity contribution in [3.63, 3.8) is 0 Å². The zero-order valence-electron chi connectivity index (χ0n) is 16.2. The fraction of sp³-hybridized carbons (Fsp3) is 0.500. The van der Waals surface area contributed by atoms with Crippen LogP contribution in [0.2, 0.25) is 0 Å². The van der Waals surface area contributed by atoms with Gasteiger partial charge in [0.15, 0.2) is 0 Å². The maximum absolute atomic E-state index is 13.1. The number of amides is 1. The number of aromatic amines is 1. The van der Waals surface area contributed by atoms with Gasteiger partial charge in [0.25, 0.3) is 11.5 Å². The third kappa shape index (κ3) is 3.37. The molecular formula is C20H25N5O2S. The topological polar surface area (TPSA) is 84.2 Å². The first-order chi connectivity index (χ1) is 13.5.